The van der Waals surface area contributed by atoms with Gasteiger partial charge in [0.05, 0.1) is 6.04 Å². The summed E-state index contributed by atoms with van der Waals surface area (Å²) >= 11 is 0. The molecule has 0 saturated carbocycles. The Balaban J connectivity index is 1.93. The van der Waals surface area contributed by atoms with E-state index < -0.39 is 0 Å². The van der Waals surface area contributed by atoms with E-state index in [1.165, 1.54) is 0 Å². The summed E-state index contributed by atoms with van der Waals surface area (Å²) < 4.78 is 4.63. The second-order valence-electron chi connectivity index (χ2n) is 4.36. The highest BCUT2D eigenvalue weighted by atomic mass is 16.6. The van der Waals surface area contributed by atoms with Gasteiger partial charge >= 0.3 is 0 Å². The highest BCUT2D eigenvalue weighted by Gasteiger charge is 2.14. The monoisotopic (exact) mass is 270 g/mol. The van der Waals surface area contributed by atoms with Crippen LogP contribution in [-0.2, 0) is 0 Å². The lowest BCUT2D eigenvalue weighted by molar-refractivity contribution is 0.314. The van der Waals surface area contributed by atoms with E-state index in [4.69, 9.17) is 0 Å². The summed E-state index contributed by atoms with van der Waals surface area (Å²) in [7, 11) is 1.78. The largest absolute Gasteiger partial charge is 0.370 e. The van der Waals surface area contributed by atoms with Crippen LogP contribution in [0, 0.1) is 0 Å². The lowest BCUT2D eigenvalue weighted by Crippen LogP contribution is -2.11. The zero-order valence-electron chi connectivity index (χ0n) is 11.2. The smallest absolute Gasteiger partial charge is 0.245 e. The number of fused-ring (bicyclic) bond motifs is 1. The van der Waals surface area contributed by atoms with E-state index in [-0.39, 0.29) is 6.04 Å². The van der Waals surface area contributed by atoms with Gasteiger partial charge < -0.3 is 10.6 Å². The van der Waals surface area contributed by atoms with Crippen molar-refractivity contribution >= 4 is 22.9 Å². The average Bonchev–Trinajstić information content (AvgIpc) is 2.94. The van der Waals surface area contributed by atoms with Crippen LogP contribution in [0.25, 0.3) is 11.3 Å². The van der Waals surface area contributed by atoms with Crippen LogP contribution in [0.3, 0.4) is 0 Å². The predicted octanol–water partition coefficient (Wildman–Crippen LogP) is 2.23. The molecule has 0 spiro atoms. The molecule has 1 aromatic carbocycles. The Labute approximate surface area is 115 Å². The van der Waals surface area contributed by atoms with E-state index in [1.807, 2.05) is 18.2 Å². The minimum atomic E-state index is 0.0925. The first kappa shape index (κ1) is 12.3. The summed E-state index contributed by atoms with van der Waals surface area (Å²) in [6, 6.07) is 10.2. The van der Waals surface area contributed by atoms with Crippen molar-refractivity contribution in [2.24, 2.45) is 0 Å². The van der Waals surface area contributed by atoms with Crippen molar-refractivity contribution in [1.29, 1.82) is 0 Å². The van der Waals surface area contributed by atoms with Crippen molar-refractivity contribution in [3.05, 3.63) is 35.9 Å². The first-order valence-electron chi connectivity index (χ1n) is 6.27. The van der Waals surface area contributed by atoms with Gasteiger partial charge in [-0.05, 0) is 22.8 Å². The van der Waals surface area contributed by atoms with Gasteiger partial charge in [-0.3, -0.25) is 0 Å². The number of anilines is 2. The fourth-order valence-electron chi connectivity index (χ4n) is 1.94. The van der Waals surface area contributed by atoms with E-state index in [1.54, 1.807) is 7.05 Å². The van der Waals surface area contributed by atoms with Gasteiger partial charge in [0.15, 0.2) is 11.6 Å². The van der Waals surface area contributed by atoms with E-state index >= 15 is 0 Å². The first-order chi connectivity index (χ1) is 9.78. The van der Waals surface area contributed by atoms with Crippen LogP contribution >= 0.6 is 0 Å². The van der Waals surface area contributed by atoms with Gasteiger partial charge in [0, 0.05) is 7.05 Å². The Kier molecular flexibility index (Phi) is 3.16. The van der Waals surface area contributed by atoms with Crippen molar-refractivity contribution < 1.29 is 4.63 Å². The summed E-state index contributed by atoms with van der Waals surface area (Å²) in [6.45, 7) is 2.06. The molecule has 3 aromatic rings. The highest BCUT2D eigenvalue weighted by molar-refractivity contribution is 5.73. The quantitative estimate of drug-likeness (QED) is 0.751. The fourth-order valence-corrected chi connectivity index (χ4v) is 1.94. The summed E-state index contributed by atoms with van der Waals surface area (Å²) in [4.78, 5) is 8.66. The van der Waals surface area contributed by atoms with E-state index in [9.17, 15) is 0 Å². The average molecular weight is 270 g/mol. The molecule has 1 unspecified atom stereocenters. The third-order valence-corrected chi connectivity index (χ3v) is 3.00. The Morgan fingerprint density at radius 3 is 2.30 bits per heavy atom. The Bertz CT molecular complexity index is 711. The second kappa shape index (κ2) is 5.12. The maximum Gasteiger partial charge on any atom is 0.245 e. The molecule has 0 aliphatic heterocycles. The van der Waals surface area contributed by atoms with E-state index in [0.717, 1.165) is 5.56 Å². The maximum absolute atomic E-state index is 4.63. The van der Waals surface area contributed by atoms with E-state index in [0.29, 0.717) is 22.9 Å². The van der Waals surface area contributed by atoms with Gasteiger partial charge in [-0.25, -0.2) is 14.6 Å². The third-order valence-electron chi connectivity index (χ3n) is 3.00. The molecule has 3 rings (SSSR count). The topological polar surface area (TPSA) is 88.8 Å². The van der Waals surface area contributed by atoms with E-state index in [2.05, 4.69) is 54.6 Å². The fraction of sp³-hybridized carbons (Fsp3) is 0.231. The second-order valence-corrected chi connectivity index (χ2v) is 4.36. The maximum atomic E-state index is 4.63. The Hall–Kier alpha value is -2.70. The minimum Gasteiger partial charge on any atom is -0.370 e. The number of nitrogens with one attached hydrogen (secondary N) is 2. The number of hydrogen-bond donors (Lipinski definition) is 2. The molecular formula is C13H14N6O. The molecule has 0 bridgehead atoms. The molecule has 0 amide bonds. The van der Waals surface area contributed by atoms with Crippen LogP contribution in [-0.4, -0.2) is 27.3 Å². The lowest BCUT2D eigenvalue weighted by Gasteiger charge is -2.16. The lowest BCUT2D eigenvalue weighted by atomic mass is 10.1. The third kappa shape index (κ3) is 2.25. The standard InChI is InChI=1S/C13H14N6O/c1-8(9-6-4-3-5-7-9)15-11-10(14-2)16-12-13(17-11)19-20-18-12/h3-8H,1-2H3,(H,14,16,18)(H,15,17,19). The van der Waals surface area contributed by atoms with Gasteiger partial charge in [-0.15, -0.1) is 0 Å². The van der Waals surface area contributed by atoms with Crippen molar-refractivity contribution in [3.8, 4) is 0 Å². The normalized spacial score (nSPS) is 12.3. The first-order valence-corrected chi connectivity index (χ1v) is 6.27. The van der Waals surface area contributed by atoms with Crippen LogP contribution in [0.15, 0.2) is 35.0 Å². The number of rotatable bonds is 4. The SMILES string of the molecule is CNc1nc2nonc2nc1NC(C)c1ccccc1. The van der Waals surface area contributed by atoms with Crippen LogP contribution < -0.4 is 10.6 Å². The highest BCUT2D eigenvalue weighted by Crippen LogP contribution is 2.24. The van der Waals surface area contributed by atoms with Crippen molar-refractivity contribution in [2.45, 2.75) is 13.0 Å². The van der Waals surface area contributed by atoms with Gasteiger partial charge in [0.1, 0.15) is 0 Å². The molecule has 2 heterocycles. The van der Waals surface area contributed by atoms with Crippen LogP contribution in [0.1, 0.15) is 18.5 Å². The van der Waals surface area contributed by atoms with Crippen LogP contribution in [0.4, 0.5) is 11.6 Å². The molecule has 1 atom stereocenters. The van der Waals surface area contributed by atoms with Gasteiger partial charge in [0.25, 0.3) is 0 Å². The number of hydrogen-bond acceptors (Lipinski definition) is 7. The molecule has 0 aliphatic carbocycles. The summed E-state index contributed by atoms with van der Waals surface area (Å²) in [5, 5.41) is 13.7. The molecule has 0 radical (unpaired) electrons. The summed E-state index contributed by atoms with van der Waals surface area (Å²) in [5.74, 6) is 1.23. The molecule has 7 heteroatoms. The van der Waals surface area contributed by atoms with Gasteiger partial charge in [0.2, 0.25) is 11.3 Å². The van der Waals surface area contributed by atoms with Crippen LogP contribution in [0.5, 0.6) is 0 Å². The number of benzene rings is 1. The zero-order chi connectivity index (χ0) is 13.9. The van der Waals surface area contributed by atoms with Crippen LogP contribution in [0.2, 0.25) is 0 Å². The van der Waals surface area contributed by atoms with Gasteiger partial charge in [-0.2, -0.15) is 0 Å². The summed E-state index contributed by atoms with van der Waals surface area (Å²) in [5.41, 5.74) is 1.92. The molecule has 0 aliphatic rings. The molecule has 20 heavy (non-hydrogen) atoms. The van der Waals surface area contributed by atoms with Crippen molar-refractivity contribution in [2.75, 3.05) is 17.7 Å². The number of nitrogens with zero attached hydrogens (tertiary/aromatic N) is 4. The van der Waals surface area contributed by atoms with Crippen molar-refractivity contribution in [3.63, 3.8) is 0 Å². The minimum absolute atomic E-state index is 0.0925. The van der Waals surface area contributed by atoms with Crippen molar-refractivity contribution in [1.82, 2.24) is 20.3 Å². The molecule has 2 aromatic heterocycles. The predicted molar refractivity (Wildman–Crippen MR) is 75.4 cm³/mol. The van der Waals surface area contributed by atoms with Gasteiger partial charge in [-0.1, -0.05) is 30.3 Å². The molecule has 7 nitrogen and oxygen atoms in total. The molecule has 0 fully saturated rings. The molecule has 2 N–H and O–H groups in total. The Morgan fingerprint density at radius 1 is 1.00 bits per heavy atom. The molecule has 0 saturated heterocycles. The molecular weight excluding hydrogens is 256 g/mol. The summed E-state index contributed by atoms with van der Waals surface area (Å²) in [6.07, 6.45) is 0. The molecule has 102 valence electrons. The Morgan fingerprint density at radius 2 is 1.65 bits per heavy atom. The zero-order valence-corrected chi connectivity index (χ0v) is 11.2. The number of aromatic nitrogens is 4.